The molecule has 0 saturated carbocycles. The van der Waals surface area contributed by atoms with Gasteiger partial charge in [0.05, 0.1) is 0 Å². The third-order valence-electron chi connectivity index (χ3n) is 3.26. The number of hydrogen-bond donors (Lipinski definition) is 4. The second kappa shape index (κ2) is 7.72. The highest BCUT2D eigenvalue weighted by Crippen LogP contribution is 2.24. The molecular formula is C11H14N6O8S2. The molecule has 3 amide bonds. The van der Waals surface area contributed by atoms with Crippen LogP contribution in [0.1, 0.15) is 5.69 Å². The number of carbonyl (C=O) groups excluding carboxylic acids is 3. The molecule has 1 aromatic heterocycles. The number of thiazole rings is 1. The van der Waals surface area contributed by atoms with Gasteiger partial charge in [0.25, 0.3) is 11.8 Å². The summed E-state index contributed by atoms with van der Waals surface area (Å²) in [5.41, 5.74) is 10.0. The number of ether oxygens (including phenoxy) is 1. The molecule has 2 unspecified atom stereocenters. The number of aromatic nitrogens is 1. The van der Waals surface area contributed by atoms with Gasteiger partial charge in [0.15, 0.2) is 10.8 Å². The molecule has 16 heteroatoms. The summed E-state index contributed by atoms with van der Waals surface area (Å²) in [6.45, 7) is -0.688. The Kier molecular flexibility index (Phi) is 5.82. The van der Waals surface area contributed by atoms with Crippen molar-refractivity contribution in [2.24, 2.45) is 10.9 Å². The lowest BCUT2D eigenvalue weighted by Crippen LogP contribution is -2.73. The van der Waals surface area contributed by atoms with Crippen molar-refractivity contribution in [3.63, 3.8) is 0 Å². The Morgan fingerprint density at radius 3 is 2.67 bits per heavy atom. The molecule has 1 aromatic rings. The molecule has 1 saturated heterocycles. The van der Waals surface area contributed by atoms with Crippen LogP contribution in [0.2, 0.25) is 0 Å². The molecule has 0 radical (unpaired) electrons. The van der Waals surface area contributed by atoms with E-state index in [0.29, 0.717) is 0 Å². The lowest BCUT2D eigenvalue weighted by molar-refractivity contribution is -0.146. The highest BCUT2D eigenvalue weighted by Gasteiger charge is 2.54. The zero-order valence-electron chi connectivity index (χ0n) is 13.6. The second-order valence-electron chi connectivity index (χ2n) is 4.95. The van der Waals surface area contributed by atoms with E-state index in [2.05, 4.69) is 25.0 Å². The normalized spacial score (nSPS) is 20.0. The highest BCUT2D eigenvalue weighted by molar-refractivity contribution is 7.84. The average molecular weight is 422 g/mol. The largest absolute Gasteiger partial charge is 0.447 e. The maximum Gasteiger partial charge on any atom is 0.404 e. The van der Waals surface area contributed by atoms with E-state index in [1.807, 2.05) is 0 Å². The van der Waals surface area contributed by atoms with E-state index in [9.17, 15) is 22.8 Å². The predicted molar refractivity (Wildman–Crippen MR) is 89.7 cm³/mol. The maximum absolute atomic E-state index is 12.4. The molecule has 1 aliphatic heterocycles. The van der Waals surface area contributed by atoms with Crippen LogP contribution in [0.15, 0.2) is 10.5 Å². The van der Waals surface area contributed by atoms with Crippen molar-refractivity contribution in [1.29, 1.82) is 0 Å². The van der Waals surface area contributed by atoms with Gasteiger partial charge in [-0.05, 0) is 0 Å². The third-order valence-corrected chi connectivity index (χ3v) is 4.88. The van der Waals surface area contributed by atoms with Crippen LogP contribution in [0.4, 0.5) is 9.93 Å². The average Bonchev–Trinajstić information content (AvgIpc) is 2.98. The monoisotopic (exact) mass is 422 g/mol. The summed E-state index contributed by atoms with van der Waals surface area (Å²) in [4.78, 5) is 43.6. The minimum Gasteiger partial charge on any atom is -0.447 e. The molecule has 0 spiro atoms. The summed E-state index contributed by atoms with van der Waals surface area (Å²) in [6.07, 6.45) is -1.24. The first-order valence-corrected chi connectivity index (χ1v) is 9.20. The van der Waals surface area contributed by atoms with Crippen LogP contribution < -0.4 is 16.8 Å². The van der Waals surface area contributed by atoms with Gasteiger partial charge in [-0.15, -0.1) is 11.3 Å². The van der Waals surface area contributed by atoms with Gasteiger partial charge in [-0.2, -0.15) is 8.42 Å². The zero-order chi connectivity index (χ0) is 20.4. The molecule has 6 N–H and O–H groups in total. The summed E-state index contributed by atoms with van der Waals surface area (Å²) >= 11 is 1.02. The van der Waals surface area contributed by atoms with Gasteiger partial charge >= 0.3 is 16.4 Å². The fraction of sp³-hybridized carbons (Fsp3) is 0.364. The number of rotatable bonds is 7. The van der Waals surface area contributed by atoms with E-state index in [1.54, 1.807) is 0 Å². The standard InChI is InChI=1S/C11H14N6O8S2/c1-24-16-6(4-3-26-10(12)14-4)8(18)15-7-5(2-25-11(13)20)17(9(7)19)27(21,22)23/h3,5,7H,2H2,1H3,(H2,12,14)(H2,13,20)(H,15,18)(H,21,22,23). The minimum atomic E-state index is -4.94. The molecule has 148 valence electrons. The molecule has 27 heavy (non-hydrogen) atoms. The van der Waals surface area contributed by atoms with E-state index >= 15 is 0 Å². The quantitative estimate of drug-likeness (QED) is 0.159. The Bertz CT molecular complexity index is 896. The van der Waals surface area contributed by atoms with E-state index in [0.717, 1.165) is 11.3 Å². The number of nitrogens with one attached hydrogen (secondary N) is 1. The number of nitrogen functional groups attached to an aromatic ring is 1. The molecular weight excluding hydrogens is 408 g/mol. The van der Waals surface area contributed by atoms with Gasteiger partial charge in [0.1, 0.15) is 31.5 Å². The van der Waals surface area contributed by atoms with Crippen LogP contribution in [0.25, 0.3) is 0 Å². The summed E-state index contributed by atoms with van der Waals surface area (Å²) < 4.78 is 36.2. The van der Waals surface area contributed by atoms with Crippen LogP contribution in [-0.2, 0) is 29.5 Å². The van der Waals surface area contributed by atoms with Gasteiger partial charge < -0.3 is 26.4 Å². The number of carbonyl (C=O) groups is 3. The first-order valence-electron chi connectivity index (χ1n) is 6.92. The fourth-order valence-electron chi connectivity index (χ4n) is 2.19. The van der Waals surface area contributed by atoms with Crippen LogP contribution in [0.5, 0.6) is 0 Å². The number of β-lactam (4-membered cyclic amide) rings is 1. The van der Waals surface area contributed by atoms with E-state index in [4.69, 9.17) is 16.0 Å². The van der Waals surface area contributed by atoms with E-state index in [-0.39, 0.29) is 20.8 Å². The molecule has 2 heterocycles. The molecule has 1 aliphatic rings. The number of nitrogens with zero attached hydrogens (tertiary/aromatic N) is 3. The van der Waals surface area contributed by atoms with Crippen LogP contribution in [0, 0.1) is 0 Å². The predicted octanol–water partition coefficient (Wildman–Crippen LogP) is -2.33. The van der Waals surface area contributed by atoms with Gasteiger partial charge in [-0.3, -0.25) is 14.1 Å². The Labute approximate surface area is 156 Å². The summed E-state index contributed by atoms with van der Waals surface area (Å²) in [6, 6.07) is -2.86. The third kappa shape index (κ3) is 4.41. The van der Waals surface area contributed by atoms with Crippen LogP contribution >= 0.6 is 11.3 Å². The van der Waals surface area contributed by atoms with E-state index < -0.39 is 46.9 Å². The number of hydrogen-bond acceptors (Lipinski definition) is 11. The summed E-state index contributed by atoms with van der Waals surface area (Å²) in [7, 11) is -3.77. The van der Waals surface area contributed by atoms with Gasteiger partial charge in [0.2, 0.25) is 0 Å². The molecule has 0 aromatic carbocycles. The lowest BCUT2D eigenvalue weighted by Gasteiger charge is -2.43. The number of anilines is 1. The Morgan fingerprint density at radius 1 is 1.52 bits per heavy atom. The molecule has 1 fully saturated rings. The summed E-state index contributed by atoms with van der Waals surface area (Å²) in [5, 5.41) is 7.27. The lowest BCUT2D eigenvalue weighted by atomic mass is 9.99. The molecule has 0 bridgehead atoms. The first-order chi connectivity index (χ1) is 12.6. The highest BCUT2D eigenvalue weighted by atomic mass is 32.2. The van der Waals surface area contributed by atoms with Crippen molar-refractivity contribution in [3.8, 4) is 0 Å². The topological polar surface area (TPSA) is 217 Å². The zero-order valence-corrected chi connectivity index (χ0v) is 15.2. The van der Waals surface area contributed by atoms with E-state index in [1.165, 1.54) is 12.5 Å². The molecule has 2 rings (SSSR count). The van der Waals surface area contributed by atoms with Crippen LogP contribution in [-0.4, -0.2) is 71.7 Å². The molecule has 14 nitrogen and oxygen atoms in total. The van der Waals surface area contributed by atoms with Gasteiger partial charge in [-0.25, -0.2) is 14.1 Å². The van der Waals surface area contributed by atoms with Crippen molar-refractivity contribution in [2.45, 2.75) is 12.1 Å². The van der Waals surface area contributed by atoms with Crippen molar-refractivity contribution in [3.05, 3.63) is 11.1 Å². The number of oxime groups is 1. The Morgan fingerprint density at radius 2 is 2.19 bits per heavy atom. The molecule has 0 aliphatic carbocycles. The first kappa shape index (κ1) is 20.3. The van der Waals surface area contributed by atoms with Gasteiger partial charge in [-0.1, -0.05) is 5.16 Å². The Hall–Kier alpha value is -2.98. The van der Waals surface area contributed by atoms with Crippen molar-refractivity contribution in [2.75, 3.05) is 19.5 Å². The van der Waals surface area contributed by atoms with Crippen molar-refractivity contribution in [1.82, 2.24) is 14.6 Å². The van der Waals surface area contributed by atoms with Gasteiger partial charge in [0, 0.05) is 5.38 Å². The summed E-state index contributed by atoms with van der Waals surface area (Å²) in [5.74, 6) is -2.10. The van der Waals surface area contributed by atoms with Crippen molar-refractivity contribution >= 4 is 50.4 Å². The number of primary amides is 1. The maximum atomic E-state index is 12.4. The minimum absolute atomic E-state index is 0.0504. The molecule has 2 atom stereocenters. The number of nitrogens with two attached hydrogens (primary N) is 2. The SMILES string of the molecule is CON=C(C(=O)NC1C(=O)N(S(=O)(=O)O)C1COC(N)=O)c1csc(N)n1. The van der Waals surface area contributed by atoms with Crippen LogP contribution in [0.3, 0.4) is 0 Å². The van der Waals surface area contributed by atoms with Crippen molar-refractivity contribution < 1.29 is 36.9 Å². The fourth-order valence-corrected chi connectivity index (χ4v) is 3.61. The number of amides is 3. The second-order valence-corrected chi connectivity index (χ2v) is 7.13. The smallest absolute Gasteiger partial charge is 0.404 e. The Balaban J connectivity index is 2.22.